The molecule has 0 unspecified atom stereocenters. The maximum absolute atomic E-state index is 11.9. The van der Waals surface area contributed by atoms with Crippen LogP contribution in [0.5, 0.6) is 0 Å². The molecular formula is C15H27NO4. The highest BCUT2D eigenvalue weighted by molar-refractivity contribution is 5.70. The molecule has 0 aromatic rings. The van der Waals surface area contributed by atoms with E-state index in [9.17, 15) is 9.59 Å². The van der Waals surface area contributed by atoms with E-state index in [1.165, 1.54) is 0 Å². The van der Waals surface area contributed by atoms with Gasteiger partial charge in [-0.2, -0.15) is 0 Å². The third-order valence-corrected chi connectivity index (χ3v) is 2.97. The quantitative estimate of drug-likeness (QED) is 0.748. The molecular weight excluding hydrogens is 258 g/mol. The van der Waals surface area contributed by atoms with E-state index in [4.69, 9.17) is 9.47 Å². The Labute approximate surface area is 121 Å². The highest BCUT2D eigenvalue weighted by Gasteiger charge is 2.28. The van der Waals surface area contributed by atoms with Crippen molar-refractivity contribution in [3.8, 4) is 0 Å². The van der Waals surface area contributed by atoms with Crippen LogP contribution < -0.4 is 0 Å². The highest BCUT2D eigenvalue weighted by Crippen LogP contribution is 2.18. The van der Waals surface area contributed by atoms with E-state index in [-0.39, 0.29) is 18.2 Å². The molecule has 1 heterocycles. The van der Waals surface area contributed by atoms with Crippen molar-refractivity contribution in [3.63, 3.8) is 0 Å². The summed E-state index contributed by atoms with van der Waals surface area (Å²) >= 11 is 0. The lowest BCUT2D eigenvalue weighted by Crippen LogP contribution is -2.43. The van der Waals surface area contributed by atoms with Gasteiger partial charge in [0.15, 0.2) is 0 Å². The number of likely N-dealkylation sites (tertiary alicyclic amines) is 1. The van der Waals surface area contributed by atoms with Crippen LogP contribution in [0.2, 0.25) is 0 Å². The molecule has 0 atom stereocenters. The van der Waals surface area contributed by atoms with Gasteiger partial charge in [0.2, 0.25) is 0 Å². The van der Waals surface area contributed by atoms with Crippen LogP contribution >= 0.6 is 0 Å². The summed E-state index contributed by atoms with van der Waals surface area (Å²) in [5.41, 5.74) is -0.475. The zero-order chi connectivity index (χ0) is 15.3. The highest BCUT2D eigenvalue weighted by atomic mass is 16.6. The number of carbonyl (C=O) groups excluding carboxylic acids is 2. The molecule has 0 aromatic heterocycles. The van der Waals surface area contributed by atoms with Gasteiger partial charge in [0.05, 0.1) is 0 Å². The molecule has 1 amide bonds. The molecule has 0 spiro atoms. The van der Waals surface area contributed by atoms with Gasteiger partial charge in [-0.05, 0) is 26.7 Å². The number of piperidine rings is 1. The van der Waals surface area contributed by atoms with Gasteiger partial charge in [-0.1, -0.05) is 13.8 Å². The molecule has 0 saturated carbocycles. The van der Waals surface area contributed by atoms with E-state index in [2.05, 4.69) is 0 Å². The maximum atomic E-state index is 11.9. The van der Waals surface area contributed by atoms with Gasteiger partial charge in [0.1, 0.15) is 11.7 Å². The summed E-state index contributed by atoms with van der Waals surface area (Å²) in [5, 5.41) is 0. The molecule has 1 saturated heterocycles. The van der Waals surface area contributed by atoms with Crippen LogP contribution in [0, 0.1) is 5.92 Å². The van der Waals surface area contributed by atoms with Gasteiger partial charge in [-0.15, -0.1) is 0 Å². The van der Waals surface area contributed by atoms with Gasteiger partial charge in [0, 0.05) is 32.4 Å². The lowest BCUT2D eigenvalue weighted by atomic mass is 10.1. The van der Waals surface area contributed by atoms with Crippen LogP contribution in [0.25, 0.3) is 0 Å². The minimum Gasteiger partial charge on any atom is -0.462 e. The number of hydrogen-bond acceptors (Lipinski definition) is 4. The lowest BCUT2D eigenvalue weighted by Gasteiger charge is -2.33. The topological polar surface area (TPSA) is 55.8 Å². The average molecular weight is 285 g/mol. The first-order valence-corrected chi connectivity index (χ1v) is 7.35. The number of nitrogens with zero attached hydrogens (tertiary/aromatic N) is 1. The van der Waals surface area contributed by atoms with E-state index >= 15 is 0 Å². The van der Waals surface area contributed by atoms with Crippen LogP contribution in [-0.2, 0) is 14.3 Å². The van der Waals surface area contributed by atoms with Crippen molar-refractivity contribution >= 4 is 12.1 Å². The number of rotatable bonds is 3. The molecule has 1 aliphatic heterocycles. The summed E-state index contributed by atoms with van der Waals surface area (Å²) in [6, 6.07) is 0. The third-order valence-electron chi connectivity index (χ3n) is 2.97. The first kappa shape index (κ1) is 16.8. The predicted octanol–water partition coefficient (Wildman–Crippen LogP) is 2.98. The summed E-state index contributed by atoms with van der Waals surface area (Å²) in [4.78, 5) is 25.2. The Hall–Kier alpha value is -1.26. The molecule has 0 bridgehead atoms. The Balaban J connectivity index is 2.33. The van der Waals surface area contributed by atoms with Crippen LogP contribution in [0.1, 0.15) is 53.9 Å². The van der Waals surface area contributed by atoms with E-state index in [0.717, 1.165) is 0 Å². The van der Waals surface area contributed by atoms with Gasteiger partial charge < -0.3 is 14.4 Å². The van der Waals surface area contributed by atoms with Gasteiger partial charge >= 0.3 is 12.1 Å². The molecule has 116 valence electrons. The Morgan fingerprint density at radius 3 is 2.20 bits per heavy atom. The van der Waals surface area contributed by atoms with E-state index in [1.54, 1.807) is 4.90 Å². The molecule has 0 N–H and O–H groups in total. The molecule has 1 fully saturated rings. The SMILES string of the molecule is CC(C)CC(=O)OC1CCN(C(=O)OC(C)(C)C)CC1. The van der Waals surface area contributed by atoms with Crippen molar-refractivity contribution in [2.75, 3.05) is 13.1 Å². The summed E-state index contributed by atoms with van der Waals surface area (Å²) in [6.45, 7) is 10.7. The Morgan fingerprint density at radius 2 is 1.75 bits per heavy atom. The number of amides is 1. The molecule has 5 nitrogen and oxygen atoms in total. The number of esters is 1. The predicted molar refractivity (Wildman–Crippen MR) is 76.4 cm³/mol. The minimum atomic E-state index is -0.475. The fraction of sp³-hybridized carbons (Fsp3) is 0.867. The second kappa shape index (κ2) is 6.95. The molecule has 5 heteroatoms. The van der Waals surface area contributed by atoms with Crippen molar-refractivity contribution in [1.29, 1.82) is 0 Å². The number of ether oxygens (including phenoxy) is 2. The Morgan fingerprint density at radius 1 is 1.20 bits per heavy atom. The normalized spacial score (nSPS) is 17.2. The van der Waals surface area contributed by atoms with Crippen LogP contribution in [0.15, 0.2) is 0 Å². The Bertz CT molecular complexity index is 338. The average Bonchev–Trinajstić information content (AvgIpc) is 2.26. The van der Waals surface area contributed by atoms with Crippen LogP contribution in [0.3, 0.4) is 0 Å². The fourth-order valence-electron chi connectivity index (χ4n) is 2.05. The van der Waals surface area contributed by atoms with Crippen LogP contribution in [0.4, 0.5) is 4.79 Å². The second-order valence-electron chi connectivity index (χ2n) is 6.75. The van der Waals surface area contributed by atoms with Crippen molar-refractivity contribution < 1.29 is 19.1 Å². The fourth-order valence-corrected chi connectivity index (χ4v) is 2.05. The zero-order valence-electron chi connectivity index (χ0n) is 13.3. The third kappa shape index (κ3) is 6.26. The zero-order valence-corrected chi connectivity index (χ0v) is 13.3. The van der Waals surface area contributed by atoms with Crippen molar-refractivity contribution in [2.45, 2.75) is 65.6 Å². The summed E-state index contributed by atoms with van der Waals surface area (Å²) in [5.74, 6) is 0.167. The number of carbonyl (C=O) groups is 2. The van der Waals surface area contributed by atoms with Gasteiger partial charge in [-0.3, -0.25) is 4.79 Å². The largest absolute Gasteiger partial charge is 0.462 e. The van der Waals surface area contributed by atoms with E-state index in [0.29, 0.717) is 38.3 Å². The smallest absolute Gasteiger partial charge is 0.410 e. The van der Waals surface area contributed by atoms with Crippen molar-refractivity contribution in [2.24, 2.45) is 5.92 Å². The summed E-state index contributed by atoms with van der Waals surface area (Å²) in [7, 11) is 0. The van der Waals surface area contributed by atoms with Crippen LogP contribution in [-0.4, -0.2) is 41.8 Å². The molecule has 0 aromatic carbocycles. The Kier molecular flexibility index (Phi) is 5.84. The molecule has 0 radical (unpaired) electrons. The maximum Gasteiger partial charge on any atom is 0.410 e. The van der Waals surface area contributed by atoms with E-state index in [1.807, 2.05) is 34.6 Å². The van der Waals surface area contributed by atoms with E-state index < -0.39 is 5.60 Å². The van der Waals surface area contributed by atoms with Gasteiger partial charge in [-0.25, -0.2) is 4.79 Å². The first-order chi connectivity index (χ1) is 9.17. The van der Waals surface area contributed by atoms with Gasteiger partial charge in [0.25, 0.3) is 0 Å². The monoisotopic (exact) mass is 285 g/mol. The standard InChI is InChI=1S/C15H27NO4/c1-11(2)10-13(17)19-12-6-8-16(9-7-12)14(18)20-15(3,4)5/h11-12H,6-10H2,1-5H3. The first-order valence-electron chi connectivity index (χ1n) is 7.35. The second-order valence-corrected chi connectivity index (χ2v) is 6.75. The summed E-state index contributed by atoms with van der Waals surface area (Å²) in [6.07, 6.45) is 1.46. The molecule has 1 rings (SSSR count). The van der Waals surface area contributed by atoms with Crippen molar-refractivity contribution in [1.82, 2.24) is 4.90 Å². The molecule has 1 aliphatic rings. The minimum absolute atomic E-state index is 0.0695. The molecule has 0 aliphatic carbocycles. The van der Waals surface area contributed by atoms with Crippen molar-refractivity contribution in [3.05, 3.63) is 0 Å². The lowest BCUT2D eigenvalue weighted by molar-refractivity contribution is -0.151. The molecule has 20 heavy (non-hydrogen) atoms. The summed E-state index contributed by atoms with van der Waals surface area (Å²) < 4.78 is 10.7. The number of hydrogen-bond donors (Lipinski definition) is 0.